The van der Waals surface area contributed by atoms with E-state index in [-0.39, 0.29) is 29.7 Å². The summed E-state index contributed by atoms with van der Waals surface area (Å²) in [6, 6.07) is 0. The number of aliphatic hydroxyl groups excluding tert-OH is 2. The van der Waals surface area contributed by atoms with Crippen molar-refractivity contribution < 1.29 is 47.2 Å². The maximum atomic E-state index is 12.0. The van der Waals surface area contributed by atoms with Crippen LogP contribution < -0.4 is 5.49 Å². The summed E-state index contributed by atoms with van der Waals surface area (Å²) in [4.78, 5) is 27.8. The quantitative estimate of drug-likeness (QED) is 0.298. The molecule has 15 nitrogen and oxygen atoms in total. The highest BCUT2D eigenvalue weighted by molar-refractivity contribution is 7.61. The monoisotopic (exact) mass is 481 g/mol. The summed E-state index contributed by atoms with van der Waals surface area (Å²) in [5, 5.41) is 29.0. The smallest absolute Gasteiger partial charge is 0.387 e. The van der Waals surface area contributed by atoms with Crippen molar-refractivity contribution >= 4 is 26.8 Å². The minimum Gasteiger partial charge on any atom is -0.387 e. The summed E-state index contributed by atoms with van der Waals surface area (Å²) in [5.74, 6) is 0. The van der Waals surface area contributed by atoms with Gasteiger partial charge in [-0.05, 0) is 12.8 Å². The van der Waals surface area contributed by atoms with E-state index in [1.807, 2.05) is 0 Å². The van der Waals surface area contributed by atoms with Crippen LogP contribution in [0.5, 0.6) is 0 Å². The molecule has 5 N–H and O–H groups in total. The Kier molecular flexibility index (Phi) is 6.18. The van der Waals surface area contributed by atoms with Crippen LogP contribution in [-0.2, 0) is 33.8 Å². The molecule has 1 fully saturated rings. The molecule has 0 amide bonds. The van der Waals surface area contributed by atoms with E-state index in [9.17, 15) is 29.1 Å². The first-order chi connectivity index (χ1) is 14.6. The lowest BCUT2D eigenvalue weighted by Crippen LogP contribution is -2.33. The number of nitrogens with zero attached hydrogens (tertiary/aromatic N) is 4. The van der Waals surface area contributed by atoms with E-state index in [4.69, 9.17) is 10.1 Å². The van der Waals surface area contributed by atoms with E-state index in [2.05, 4.69) is 23.3 Å². The van der Waals surface area contributed by atoms with Crippen LogP contribution in [0.2, 0.25) is 0 Å². The fraction of sp³-hybridized carbons (Fsp3) is 0.643. The van der Waals surface area contributed by atoms with E-state index >= 15 is 0 Å². The molecular weight excluding hydrogens is 460 g/mol. The molecule has 0 aromatic carbocycles. The fourth-order valence-corrected chi connectivity index (χ4v) is 5.44. The number of aromatic nitrogens is 4. The first-order valence-electron chi connectivity index (χ1n) is 9.22. The Bertz CT molecular complexity index is 1120. The third kappa shape index (κ3) is 4.66. The minimum absolute atomic E-state index is 0.0519. The summed E-state index contributed by atoms with van der Waals surface area (Å²) in [6.07, 6.45) is -2.07. The maximum Gasteiger partial charge on any atom is 0.481 e. The highest BCUT2D eigenvalue weighted by Crippen LogP contribution is 2.60. The van der Waals surface area contributed by atoms with Gasteiger partial charge in [-0.25, -0.2) is 19.1 Å². The average Bonchev–Trinajstić information content (AvgIpc) is 3.22. The van der Waals surface area contributed by atoms with E-state index in [1.165, 1.54) is 21.8 Å². The molecule has 172 valence electrons. The number of nitrogens with one attached hydrogen (secondary N) is 1. The third-order valence-corrected chi connectivity index (χ3v) is 7.50. The van der Waals surface area contributed by atoms with Crippen molar-refractivity contribution in [3.8, 4) is 0 Å². The van der Waals surface area contributed by atoms with Gasteiger partial charge in [0.1, 0.15) is 23.8 Å². The number of aryl methyl sites for hydroxylation is 1. The standard InChI is InChI=1S/C14H21N5O10P2/c15-12-9-13-17-6-18(12)3-1-2-4-26-30(22,23)29-31(24,25)27-5-8-10(20)11(21)14(28-8)19(13)7-16-9/h6-8,10-11,14-15,20-21H,1-5H2,(H,22,23)(H,24,25)/t8-,10-,11-,14-/m1/s1. The Morgan fingerprint density at radius 3 is 2.58 bits per heavy atom. The second-order valence-corrected chi connectivity index (χ2v) is 10.1. The SMILES string of the molecule is N=c1c2ncn3c2ncn1CCCCOP(=O)(O)OP(=O)(O)OC[C@H]1O[C@@H]3[C@H](O)[C@@H]1O. The molecule has 0 aliphatic carbocycles. The predicted molar refractivity (Wildman–Crippen MR) is 99.2 cm³/mol. The molecule has 2 unspecified atom stereocenters. The molecule has 6 atom stereocenters. The van der Waals surface area contributed by atoms with Crippen LogP contribution in [0.1, 0.15) is 19.1 Å². The molecule has 0 spiro atoms. The Hall–Kier alpha value is -1.51. The molecule has 3 aliphatic heterocycles. The lowest BCUT2D eigenvalue weighted by atomic mass is 10.1. The number of phosphoric acid groups is 2. The van der Waals surface area contributed by atoms with Gasteiger partial charge in [0.25, 0.3) is 0 Å². The van der Waals surface area contributed by atoms with Crippen molar-refractivity contribution in [2.45, 2.75) is 43.9 Å². The summed E-state index contributed by atoms with van der Waals surface area (Å²) >= 11 is 0. The summed E-state index contributed by atoms with van der Waals surface area (Å²) in [5.41, 5.74) is 0.523. The molecule has 2 aromatic heterocycles. The highest BCUT2D eigenvalue weighted by Gasteiger charge is 2.46. The van der Waals surface area contributed by atoms with E-state index in [0.717, 1.165) is 0 Å². The van der Waals surface area contributed by atoms with Crippen LogP contribution in [-0.4, -0.2) is 70.6 Å². The van der Waals surface area contributed by atoms with Crippen molar-refractivity contribution in [3.63, 3.8) is 0 Å². The molecule has 0 radical (unpaired) electrons. The van der Waals surface area contributed by atoms with Gasteiger partial charge >= 0.3 is 15.6 Å². The normalized spacial score (nSPS) is 37.8. The number of phosphoric ester groups is 2. The number of imidazole rings is 1. The molecule has 1 saturated heterocycles. The Morgan fingerprint density at radius 2 is 1.81 bits per heavy atom. The number of hydrogen-bond donors (Lipinski definition) is 5. The number of fused-ring (bicyclic) bond motifs is 10. The van der Waals surface area contributed by atoms with Gasteiger partial charge in [0.15, 0.2) is 17.4 Å². The number of ether oxygens (including phenoxy) is 1. The van der Waals surface area contributed by atoms with Gasteiger partial charge in [-0.15, -0.1) is 0 Å². The predicted octanol–water partition coefficient (Wildman–Crippen LogP) is -0.624. The summed E-state index contributed by atoms with van der Waals surface area (Å²) < 4.78 is 45.9. The zero-order valence-corrected chi connectivity index (χ0v) is 17.7. The highest BCUT2D eigenvalue weighted by atomic mass is 31.3. The molecule has 2 aromatic rings. The van der Waals surface area contributed by atoms with Gasteiger partial charge in [0.2, 0.25) is 0 Å². The lowest BCUT2D eigenvalue weighted by Gasteiger charge is -2.19. The molecule has 0 saturated carbocycles. The van der Waals surface area contributed by atoms with Crippen LogP contribution in [0.3, 0.4) is 0 Å². The van der Waals surface area contributed by atoms with E-state index in [0.29, 0.717) is 13.0 Å². The van der Waals surface area contributed by atoms with E-state index in [1.54, 1.807) is 0 Å². The number of rotatable bonds is 0. The molecule has 5 rings (SSSR count). The van der Waals surface area contributed by atoms with Gasteiger partial charge < -0.3 is 29.3 Å². The van der Waals surface area contributed by atoms with Crippen molar-refractivity contribution in [2.75, 3.05) is 13.2 Å². The second kappa shape index (κ2) is 8.45. The largest absolute Gasteiger partial charge is 0.481 e. The summed E-state index contributed by atoms with van der Waals surface area (Å²) in [7, 11) is -9.96. The molecule has 6 bridgehead atoms. The zero-order valence-electron chi connectivity index (χ0n) is 15.9. The van der Waals surface area contributed by atoms with Crippen LogP contribution in [0, 0.1) is 5.41 Å². The molecular formula is C14H21N5O10P2. The van der Waals surface area contributed by atoms with Gasteiger partial charge in [0, 0.05) is 6.54 Å². The fourth-order valence-electron chi connectivity index (χ4n) is 3.33. The molecule has 5 heterocycles. The van der Waals surface area contributed by atoms with Gasteiger partial charge in [-0.2, -0.15) is 4.31 Å². The van der Waals surface area contributed by atoms with Gasteiger partial charge in [-0.1, -0.05) is 0 Å². The molecule has 3 aliphatic rings. The second-order valence-electron chi connectivity index (χ2n) is 7.01. The Balaban J connectivity index is 1.69. The van der Waals surface area contributed by atoms with Gasteiger partial charge in [-0.3, -0.25) is 19.0 Å². The first kappa shape index (κ1) is 22.7. The average molecular weight is 481 g/mol. The topological polar surface area (TPSA) is 211 Å². The van der Waals surface area contributed by atoms with Crippen LogP contribution in [0.4, 0.5) is 0 Å². The summed E-state index contributed by atoms with van der Waals surface area (Å²) in [6.45, 7) is -0.684. The molecule has 17 heteroatoms. The van der Waals surface area contributed by atoms with Crippen LogP contribution in [0.25, 0.3) is 11.2 Å². The van der Waals surface area contributed by atoms with Crippen LogP contribution in [0.15, 0.2) is 12.7 Å². The van der Waals surface area contributed by atoms with Crippen LogP contribution >= 0.6 is 15.6 Å². The first-order valence-corrected chi connectivity index (χ1v) is 12.2. The molecule has 31 heavy (non-hydrogen) atoms. The Labute approximate surface area is 174 Å². The van der Waals surface area contributed by atoms with Crippen molar-refractivity contribution in [3.05, 3.63) is 18.1 Å². The van der Waals surface area contributed by atoms with Crippen molar-refractivity contribution in [1.82, 2.24) is 19.1 Å². The van der Waals surface area contributed by atoms with Gasteiger partial charge in [0.05, 0.1) is 25.9 Å². The third-order valence-electron chi connectivity index (χ3n) is 4.87. The maximum absolute atomic E-state index is 12.0. The Morgan fingerprint density at radius 1 is 1.06 bits per heavy atom. The number of aliphatic hydroxyl groups is 2. The zero-order chi connectivity index (χ0) is 22.4. The van der Waals surface area contributed by atoms with Crippen molar-refractivity contribution in [1.29, 1.82) is 5.41 Å². The number of hydrogen-bond acceptors (Lipinski definition) is 11. The minimum atomic E-state index is -5.05. The van der Waals surface area contributed by atoms with Crippen molar-refractivity contribution in [2.24, 2.45) is 0 Å². The van der Waals surface area contributed by atoms with E-state index < -0.39 is 46.8 Å². The lowest BCUT2D eigenvalue weighted by molar-refractivity contribution is -0.0504.